The van der Waals surface area contributed by atoms with Crippen LogP contribution in [0.3, 0.4) is 0 Å². The summed E-state index contributed by atoms with van der Waals surface area (Å²) in [6.07, 6.45) is -0.232. The first-order chi connectivity index (χ1) is 8.41. The van der Waals surface area contributed by atoms with Crippen LogP contribution < -0.4 is 0 Å². The maximum atomic E-state index is 12.1. The van der Waals surface area contributed by atoms with Gasteiger partial charge in [-0.05, 0) is 18.6 Å². The zero-order chi connectivity index (χ0) is 13.3. The third-order valence-electron chi connectivity index (χ3n) is 2.81. The Morgan fingerprint density at radius 2 is 1.94 bits per heavy atom. The number of hydrogen-bond acceptors (Lipinski definition) is 5. The van der Waals surface area contributed by atoms with E-state index in [-0.39, 0.29) is 23.7 Å². The molecule has 1 saturated heterocycles. The number of aliphatic hydroxyl groups is 1. The fraction of sp³-hybridized carbons (Fsp3) is 0.400. The molecule has 0 radical (unpaired) electrons. The van der Waals surface area contributed by atoms with Crippen molar-refractivity contribution in [2.45, 2.75) is 17.4 Å². The van der Waals surface area contributed by atoms with Crippen molar-refractivity contribution in [3.8, 4) is 0 Å². The maximum absolute atomic E-state index is 12.1. The molecule has 18 heavy (non-hydrogen) atoms. The van der Waals surface area contributed by atoms with Crippen LogP contribution in [0.25, 0.3) is 0 Å². The first kappa shape index (κ1) is 12.9. The van der Waals surface area contributed by atoms with Gasteiger partial charge in [-0.15, -0.1) is 0 Å². The molecule has 0 saturated carbocycles. The van der Waals surface area contributed by atoms with Crippen molar-refractivity contribution >= 4 is 15.7 Å². The molecule has 1 fully saturated rings. The first-order valence-corrected chi connectivity index (χ1v) is 6.78. The van der Waals surface area contributed by atoms with E-state index in [1.165, 1.54) is 16.4 Å². The topological polar surface area (TPSA) is 101 Å². The van der Waals surface area contributed by atoms with Gasteiger partial charge >= 0.3 is 0 Å². The highest BCUT2D eigenvalue weighted by molar-refractivity contribution is 7.89. The van der Waals surface area contributed by atoms with Crippen molar-refractivity contribution in [2.75, 3.05) is 13.1 Å². The number of non-ortho nitro benzene ring substituents is 1. The normalized spacial score (nSPS) is 21.1. The van der Waals surface area contributed by atoms with Crippen molar-refractivity contribution in [2.24, 2.45) is 0 Å². The van der Waals surface area contributed by atoms with Gasteiger partial charge in [0.25, 0.3) is 5.69 Å². The van der Waals surface area contributed by atoms with E-state index < -0.39 is 21.1 Å². The third-order valence-corrected chi connectivity index (χ3v) is 4.69. The number of sulfonamides is 1. The fourth-order valence-corrected chi connectivity index (χ4v) is 3.31. The Morgan fingerprint density at radius 1 is 1.33 bits per heavy atom. The van der Waals surface area contributed by atoms with Crippen LogP contribution >= 0.6 is 0 Å². The summed E-state index contributed by atoms with van der Waals surface area (Å²) in [5.41, 5.74) is -0.157. The number of aliphatic hydroxyl groups excluding tert-OH is 1. The summed E-state index contributed by atoms with van der Waals surface area (Å²) >= 11 is 0. The molecule has 1 atom stereocenters. The Hall–Kier alpha value is -1.51. The van der Waals surface area contributed by atoms with Crippen molar-refractivity contribution in [1.82, 2.24) is 4.31 Å². The van der Waals surface area contributed by atoms with E-state index in [9.17, 15) is 23.6 Å². The molecule has 0 spiro atoms. The summed E-state index contributed by atoms with van der Waals surface area (Å²) < 4.78 is 25.4. The molecule has 1 aliphatic rings. The van der Waals surface area contributed by atoms with Crippen LogP contribution in [-0.4, -0.2) is 41.9 Å². The summed E-state index contributed by atoms with van der Waals surface area (Å²) in [6, 6.07) is 4.72. The minimum atomic E-state index is -3.66. The quantitative estimate of drug-likeness (QED) is 0.632. The van der Waals surface area contributed by atoms with E-state index in [4.69, 9.17) is 0 Å². The van der Waals surface area contributed by atoms with Gasteiger partial charge in [-0.2, -0.15) is 4.31 Å². The number of nitro benzene ring substituents is 1. The Bertz CT molecular complexity index is 554. The van der Waals surface area contributed by atoms with Gasteiger partial charge in [0.05, 0.1) is 15.9 Å². The molecule has 1 aliphatic heterocycles. The molecule has 0 aliphatic carbocycles. The van der Waals surface area contributed by atoms with Gasteiger partial charge in [0.1, 0.15) is 0 Å². The molecular weight excluding hydrogens is 260 g/mol. The predicted molar refractivity (Wildman–Crippen MR) is 62.5 cm³/mol. The van der Waals surface area contributed by atoms with Gasteiger partial charge in [0.2, 0.25) is 10.0 Å². The average Bonchev–Trinajstić information content (AvgIpc) is 2.76. The standard InChI is InChI=1S/C10H12N2O5S/c13-9-5-6-11(7-9)18(16,17)10-3-1-8(2-4-10)12(14)15/h1-4,9,13H,5-7H2/t9-/m0/s1. The molecule has 0 aromatic heterocycles. The Morgan fingerprint density at radius 3 is 2.39 bits per heavy atom. The van der Waals surface area contributed by atoms with Crippen LogP contribution in [0, 0.1) is 10.1 Å². The first-order valence-electron chi connectivity index (χ1n) is 5.34. The van der Waals surface area contributed by atoms with Crippen molar-refractivity contribution in [1.29, 1.82) is 0 Å². The predicted octanol–water partition coefficient (Wildman–Crippen LogP) is 0.350. The SMILES string of the molecule is O=[N+]([O-])c1ccc(S(=O)(=O)N2CC[C@H](O)C2)cc1. The largest absolute Gasteiger partial charge is 0.392 e. The zero-order valence-electron chi connectivity index (χ0n) is 9.39. The second-order valence-electron chi connectivity index (χ2n) is 4.06. The van der Waals surface area contributed by atoms with Crippen LogP contribution in [0.15, 0.2) is 29.2 Å². The fourth-order valence-electron chi connectivity index (χ4n) is 1.82. The molecule has 98 valence electrons. The Labute approximate surface area is 104 Å². The lowest BCUT2D eigenvalue weighted by molar-refractivity contribution is -0.384. The highest BCUT2D eigenvalue weighted by Crippen LogP contribution is 2.22. The molecule has 0 amide bonds. The van der Waals surface area contributed by atoms with Crippen LogP contribution in [0.2, 0.25) is 0 Å². The van der Waals surface area contributed by atoms with Gasteiger partial charge in [-0.1, -0.05) is 0 Å². The van der Waals surface area contributed by atoms with E-state index in [2.05, 4.69) is 0 Å². The van der Waals surface area contributed by atoms with Gasteiger partial charge < -0.3 is 5.11 Å². The lowest BCUT2D eigenvalue weighted by Crippen LogP contribution is -2.29. The Balaban J connectivity index is 2.27. The molecule has 0 bridgehead atoms. The van der Waals surface area contributed by atoms with Crippen molar-refractivity contribution in [3.05, 3.63) is 34.4 Å². The number of hydrogen-bond donors (Lipinski definition) is 1. The summed E-state index contributed by atoms with van der Waals surface area (Å²) in [5.74, 6) is 0. The molecule has 8 heteroatoms. The maximum Gasteiger partial charge on any atom is 0.269 e. The summed E-state index contributed by atoms with van der Waals surface area (Å²) in [5, 5.41) is 19.8. The van der Waals surface area contributed by atoms with E-state index >= 15 is 0 Å². The summed E-state index contributed by atoms with van der Waals surface area (Å²) in [7, 11) is -3.66. The minimum absolute atomic E-state index is 0.00204. The average molecular weight is 272 g/mol. The molecule has 0 unspecified atom stereocenters. The lowest BCUT2D eigenvalue weighted by Gasteiger charge is -2.15. The molecular formula is C10H12N2O5S. The number of nitrogens with zero attached hydrogens (tertiary/aromatic N) is 2. The summed E-state index contributed by atoms with van der Waals surface area (Å²) in [4.78, 5) is 9.89. The number of rotatable bonds is 3. The van der Waals surface area contributed by atoms with E-state index in [1.54, 1.807) is 0 Å². The molecule has 1 aromatic rings. The molecule has 2 rings (SSSR count). The van der Waals surface area contributed by atoms with Crippen molar-refractivity contribution in [3.63, 3.8) is 0 Å². The second kappa shape index (κ2) is 4.63. The molecule has 7 nitrogen and oxygen atoms in total. The van der Waals surface area contributed by atoms with Crippen LogP contribution in [-0.2, 0) is 10.0 Å². The second-order valence-corrected chi connectivity index (χ2v) is 5.99. The van der Waals surface area contributed by atoms with Gasteiger partial charge in [-0.25, -0.2) is 8.42 Å². The molecule has 1 N–H and O–H groups in total. The van der Waals surface area contributed by atoms with Crippen molar-refractivity contribution < 1.29 is 18.4 Å². The van der Waals surface area contributed by atoms with Gasteiger partial charge in [0, 0.05) is 25.2 Å². The van der Waals surface area contributed by atoms with Crippen LogP contribution in [0.1, 0.15) is 6.42 Å². The van der Waals surface area contributed by atoms with Crippen LogP contribution in [0.4, 0.5) is 5.69 Å². The van der Waals surface area contributed by atoms with E-state index in [1.807, 2.05) is 0 Å². The monoisotopic (exact) mass is 272 g/mol. The van der Waals surface area contributed by atoms with E-state index in [0.29, 0.717) is 6.42 Å². The lowest BCUT2D eigenvalue weighted by atomic mass is 10.3. The zero-order valence-corrected chi connectivity index (χ0v) is 10.2. The minimum Gasteiger partial charge on any atom is -0.392 e. The highest BCUT2D eigenvalue weighted by atomic mass is 32.2. The number of nitro groups is 1. The van der Waals surface area contributed by atoms with Gasteiger partial charge in [0.15, 0.2) is 0 Å². The highest BCUT2D eigenvalue weighted by Gasteiger charge is 2.31. The van der Waals surface area contributed by atoms with Gasteiger partial charge in [-0.3, -0.25) is 10.1 Å². The molecule has 1 aromatic carbocycles. The third kappa shape index (κ3) is 2.35. The van der Waals surface area contributed by atoms with E-state index in [0.717, 1.165) is 12.1 Å². The smallest absolute Gasteiger partial charge is 0.269 e. The Kier molecular flexibility index (Phi) is 3.33. The summed E-state index contributed by atoms with van der Waals surface area (Å²) in [6.45, 7) is 0.333. The number of β-amino-alcohol motifs (C(OH)–C–C–N with tert-alkyl or cyclic N) is 1. The number of benzene rings is 1. The molecule has 1 heterocycles. The van der Waals surface area contributed by atoms with Crippen LogP contribution in [0.5, 0.6) is 0 Å².